The van der Waals surface area contributed by atoms with Crippen LogP contribution in [-0.4, -0.2) is 0 Å². The fraction of sp³-hybridized carbons (Fsp3) is 0. The van der Waals surface area contributed by atoms with Crippen molar-refractivity contribution >= 4 is 36.4 Å². The summed E-state index contributed by atoms with van der Waals surface area (Å²) in [7, 11) is 0. The third-order valence-corrected chi connectivity index (χ3v) is 0. The van der Waals surface area contributed by atoms with Gasteiger partial charge in [-0.25, -0.2) is 0 Å². The van der Waals surface area contributed by atoms with E-state index in [9.17, 15) is 0 Å². The molecule has 0 heterocycles. The molecule has 0 aliphatic rings. The molecule has 0 aromatic carbocycles. The smallest absolute Gasteiger partial charge is 0 e. The average Bonchev–Trinajstić information content (AvgIpc) is 0. The normalized spacial score (nSPS) is 0. The molecule has 0 fully saturated rings. The van der Waals surface area contributed by atoms with Gasteiger partial charge in [0, 0.05) is 55.0 Å². The Bertz CT molecular complexity index is 8.00. The van der Waals surface area contributed by atoms with Crippen LogP contribution in [0, 0.1) is 0 Å². The summed E-state index contributed by atoms with van der Waals surface area (Å²) in [5.41, 5.74) is 0. The molecule has 0 nitrogen and oxygen atoms in total. The van der Waals surface area contributed by atoms with Crippen molar-refractivity contribution in [2.45, 2.75) is 0 Å². The number of halogens is 2. The second kappa shape index (κ2) is 16.9. The minimum atomic E-state index is 0. The Morgan fingerprint density at radius 3 is 1.00 bits per heavy atom. The first-order valence-electron chi connectivity index (χ1n) is 0. The van der Waals surface area contributed by atoms with Crippen molar-refractivity contribution in [1.29, 1.82) is 0 Å². The molecule has 0 amide bonds. The monoisotopic (exact) mass is 480 g/mol. The molecule has 0 rings (SSSR count). The maximum absolute atomic E-state index is 0. The second-order valence-electron chi connectivity index (χ2n) is 0. The van der Waals surface area contributed by atoms with E-state index >= 15 is 0 Å². The Balaban J connectivity index is 0. The van der Waals surface area contributed by atoms with Gasteiger partial charge in [0.05, 0.1) is 0 Å². The molecule has 0 atom stereocenters. The van der Waals surface area contributed by atoms with Crippen molar-refractivity contribution in [3.63, 3.8) is 0 Å². The van der Waals surface area contributed by atoms with Gasteiger partial charge in [0.1, 0.15) is 0 Å². The molecule has 0 bridgehead atoms. The molecule has 0 saturated carbocycles. The average molecular weight is 477 g/mol. The van der Waals surface area contributed by atoms with Gasteiger partial charge in [0.2, 0.25) is 0 Å². The fourth-order valence-electron chi connectivity index (χ4n) is 0. The van der Waals surface area contributed by atoms with Gasteiger partial charge in [-0.1, -0.05) is 0 Å². The quantitative estimate of drug-likeness (QED) is 0.362. The molecule has 0 aliphatic heterocycles. The minimum absolute atomic E-state index is 0. The zero-order valence-electron chi connectivity index (χ0n) is 2.23. The molecule has 0 radical (unpaired) electrons. The standard InChI is InChI=1S/Cd.ClH.Hg.HI/h;1H;;1H. The molecular formula is H2CdClHgI. The Labute approximate surface area is 89.6 Å². The van der Waals surface area contributed by atoms with Crippen LogP contribution in [0.4, 0.5) is 0 Å². The van der Waals surface area contributed by atoms with Crippen molar-refractivity contribution in [3.8, 4) is 0 Å². The van der Waals surface area contributed by atoms with Gasteiger partial charge in [-0.2, -0.15) is 0 Å². The summed E-state index contributed by atoms with van der Waals surface area (Å²) in [6.45, 7) is 0. The van der Waals surface area contributed by atoms with Gasteiger partial charge in [-0.3, -0.25) is 0 Å². The summed E-state index contributed by atoms with van der Waals surface area (Å²) in [6, 6.07) is 0. The Morgan fingerprint density at radius 2 is 1.00 bits per heavy atom. The molecule has 0 N–H and O–H groups in total. The van der Waals surface area contributed by atoms with Gasteiger partial charge in [-0.05, 0) is 0 Å². The zero-order valence-corrected chi connectivity index (χ0v) is 14.9. The summed E-state index contributed by atoms with van der Waals surface area (Å²) >= 11 is 0. The van der Waals surface area contributed by atoms with Crippen LogP contribution in [0.5, 0.6) is 0 Å². The van der Waals surface area contributed by atoms with Gasteiger partial charge in [0.15, 0.2) is 0 Å². The van der Waals surface area contributed by atoms with Crippen LogP contribution in [0.15, 0.2) is 0 Å². The number of hydrogen-bond acceptors (Lipinski definition) is 0. The molecular weight excluding hydrogens is 475 g/mol. The van der Waals surface area contributed by atoms with Gasteiger partial charge < -0.3 is 0 Å². The van der Waals surface area contributed by atoms with Crippen LogP contribution >= 0.6 is 36.4 Å². The number of rotatable bonds is 0. The van der Waals surface area contributed by atoms with Gasteiger partial charge in [0.25, 0.3) is 0 Å². The van der Waals surface area contributed by atoms with Crippen molar-refractivity contribution in [2.24, 2.45) is 0 Å². The van der Waals surface area contributed by atoms with Crippen molar-refractivity contribution < 1.29 is 55.0 Å². The van der Waals surface area contributed by atoms with E-state index in [-0.39, 0.29) is 91.4 Å². The van der Waals surface area contributed by atoms with Gasteiger partial charge >= 0.3 is 0 Å². The summed E-state index contributed by atoms with van der Waals surface area (Å²) in [6.07, 6.45) is 0. The third kappa shape index (κ3) is 8.86. The third-order valence-electron chi connectivity index (χ3n) is 0. The molecule has 0 aliphatic carbocycles. The molecule has 20 valence electrons. The first kappa shape index (κ1) is 28.7. The first-order chi connectivity index (χ1) is 0. The second-order valence-corrected chi connectivity index (χ2v) is 0. The Hall–Kier alpha value is 2.88. The van der Waals surface area contributed by atoms with E-state index in [0.29, 0.717) is 0 Å². The molecule has 0 aromatic rings. The summed E-state index contributed by atoms with van der Waals surface area (Å²) in [4.78, 5) is 0. The predicted molar refractivity (Wildman–Crippen MR) is 22.7 cm³/mol. The molecule has 0 unspecified atom stereocenters. The molecule has 0 spiro atoms. The van der Waals surface area contributed by atoms with Crippen LogP contribution in [0.3, 0.4) is 0 Å². The zero-order chi connectivity index (χ0) is 0. The maximum Gasteiger partial charge on any atom is 0 e. The van der Waals surface area contributed by atoms with Crippen molar-refractivity contribution in [2.75, 3.05) is 0 Å². The van der Waals surface area contributed by atoms with E-state index in [1.165, 1.54) is 0 Å². The molecule has 0 saturated heterocycles. The van der Waals surface area contributed by atoms with E-state index < -0.39 is 0 Å². The molecule has 0 aromatic heterocycles. The van der Waals surface area contributed by atoms with E-state index in [2.05, 4.69) is 0 Å². The van der Waals surface area contributed by atoms with Crippen LogP contribution in [0.1, 0.15) is 0 Å². The molecule has 4 heavy (non-hydrogen) atoms. The number of hydrogen-bond donors (Lipinski definition) is 0. The largest absolute Gasteiger partial charge is 0.147 e. The predicted octanol–water partition coefficient (Wildman–Crippen LogP) is 1.03. The summed E-state index contributed by atoms with van der Waals surface area (Å²) < 4.78 is 0. The van der Waals surface area contributed by atoms with E-state index in [0.717, 1.165) is 0 Å². The van der Waals surface area contributed by atoms with E-state index in [1.807, 2.05) is 0 Å². The van der Waals surface area contributed by atoms with Crippen LogP contribution in [0.25, 0.3) is 0 Å². The molecule has 4 heteroatoms. The Morgan fingerprint density at radius 1 is 1.00 bits per heavy atom. The summed E-state index contributed by atoms with van der Waals surface area (Å²) in [5, 5.41) is 0. The van der Waals surface area contributed by atoms with Gasteiger partial charge in [-0.15, -0.1) is 36.4 Å². The van der Waals surface area contributed by atoms with Crippen molar-refractivity contribution in [3.05, 3.63) is 0 Å². The van der Waals surface area contributed by atoms with E-state index in [1.54, 1.807) is 0 Å². The first-order valence-corrected chi connectivity index (χ1v) is 0. The van der Waals surface area contributed by atoms with E-state index in [4.69, 9.17) is 0 Å². The fourth-order valence-corrected chi connectivity index (χ4v) is 0. The SMILES string of the molecule is Cl.I.[Cd].[Hg]. The Kier molecular flexibility index (Phi) is 121. The van der Waals surface area contributed by atoms with Crippen LogP contribution in [-0.2, 0) is 55.0 Å². The van der Waals surface area contributed by atoms with Crippen LogP contribution < -0.4 is 0 Å². The maximum atomic E-state index is 0. The minimum Gasteiger partial charge on any atom is -0.147 e. The summed E-state index contributed by atoms with van der Waals surface area (Å²) in [5.74, 6) is 0. The topological polar surface area (TPSA) is 0 Å². The van der Waals surface area contributed by atoms with Crippen molar-refractivity contribution in [1.82, 2.24) is 0 Å². The van der Waals surface area contributed by atoms with Crippen LogP contribution in [0.2, 0.25) is 0 Å².